The molecule has 1 aliphatic heterocycles. The van der Waals surface area contributed by atoms with Crippen LogP contribution in [0.15, 0.2) is 18.2 Å². The summed E-state index contributed by atoms with van der Waals surface area (Å²) < 4.78 is 5.48. The highest BCUT2D eigenvalue weighted by Crippen LogP contribution is 2.35. The number of carbonyl (C=O) groups excluding carboxylic acids is 1. The maximum absolute atomic E-state index is 13.0. The predicted molar refractivity (Wildman–Crippen MR) is 106 cm³/mol. The summed E-state index contributed by atoms with van der Waals surface area (Å²) in [6, 6.07) is 6.56. The maximum Gasteiger partial charge on any atom is 0.265 e. The molecular formula is C20H27N3O2S. The number of hydrogen-bond acceptors (Lipinski definition) is 5. The Morgan fingerprint density at radius 3 is 2.50 bits per heavy atom. The first kappa shape index (κ1) is 18.9. The molecule has 0 saturated carbocycles. The number of amides is 1. The molecule has 1 aromatic carbocycles. The van der Waals surface area contributed by atoms with Gasteiger partial charge >= 0.3 is 0 Å². The Bertz CT molecular complexity index is 792. The summed E-state index contributed by atoms with van der Waals surface area (Å²) in [7, 11) is 1.66. The molecule has 0 spiro atoms. The molecular weight excluding hydrogens is 346 g/mol. The summed E-state index contributed by atoms with van der Waals surface area (Å²) in [4.78, 5) is 22.8. The lowest BCUT2D eigenvalue weighted by Crippen LogP contribution is -2.50. The number of piperazine rings is 1. The van der Waals surface area contributed by atoms with Gasteiger partial charge in [-0.3, -0.25) is 9.69 Å². The molecule has 6 heteroatoms. The lowest BCUT2D eigenvalue weighted by Gasteiger charge is -2.36. The Hall–Kier alpha value is -1.92. The van der Waals surface area contributed by atoms with Gasteiger partial charge in [0.1, 0.15) is 15.6 Å². The number of benzene rings is 1. The molecule has 2 heterocycles. The quantitative estimate of drug-likeness (QED) is 0.821. The van der Waals surface area contributed by atoms with Crippen molar-refractivity contribution >= 4 is 17.2 Å². The number of nitrogens with zero attached hydrogens (tertiary/aromatic N) is 3. The van der Waals surface area contributed by atoms with Crippen molar-refractivity contribution in [2.75, 3.05) is 33.3 Å². The van der Waals surface area contributed by atoms with Crippen LogP contribution in [0, 0.1) is 13.8 Å². The first-order valence-electron chi connectivity index (χ1n) is 9.06. The third kappa shape index (κ3) is 3.76. The molecule has 0 unspecified atom stereocenters. The summed E-state index contributed by atoms with van der Waals surface area (Å²) in [6.45, 7) is 11.8. The summed E-state index contributed by atoms with van der Waals surface area (Å²) in [5.41, 5.74) is 2.89. The van der Waals surface area contributed by atoms with Crippen molar-refractivity contribution in [1.82, 2.24) is 14.8 Å². The van der Waals surface area contributed by atoms with E-state index in [1.54, 1.807) is 7.11 Å². The second kappa shape index (κ2) is 7.76. The van der Waals surface area contributed by atoms with Crippen LogP contribution in [0.2, 0.25) is 0 Å². The van der Waals surface area contributed by atoms with E-state index in [4.69, 9.17) is 4.74 Å². The van der Waals surface area contributed by atoms with Gasteiger partial charge in [-0.1, -0.05) is 11.6 Å². The largest absolute Gasteiger partial charge is 0.496 e. The first-order valence-corrected chi connectivity index (χ1v) is 9.88. The van der Waals surface area contributed by atoms with E-state index >= 15 is 0 Å². The highest BCUT2D eigenvalue weighted by Gasteiger charge is 2.26. The van der Waals surface area contributed by atoms with Crippen molar-refractivity contribution < 1.29 is 9.53 Å². The second-order valence-corrected chi connectivity index (χ2v) is 8.06. The zero-order valence-electron chi connectivity index (χ0n) is 16.2. The van der Waals surface area contributed by atoms with Crippen LogP contribution >= 0.6 is 11.3 Å². The number of thiazole rings is 1. The molecule has 1 aromatic heterocycles. The van der Waals surface area contributed by atoms with Crippen LogP contribution in [0.25, 0.3) is 10.6 Å². The normalized spacial score (nSPS) is 15.5. The number of aryl methyl sites for hydroxylation is 2. The van der Waals surface area contributed by atoms with Crippen LogP contribution in [0.1, 0.15) is 34.8 Å². The minimum Gasteiger partial charge on any atom is -0.496 e. The van der Waals surface area contributed by atoms with Crippen LogP contribution in [0.3, 0.4) is 0 Å². The predicted octanol–water partition coefficient (Wildman–Crippen LogP) is 3.60. The lowest BCUT2D eigenvalue weighted by molar-refractivity contribution is 0.0599. The smallest absolute Gasteiger partial charge is 0.265 e. The average Bonchev–Trinajstić information content (AvgIpc) is 3.02. The number of carbonyl (C=O) groups is 1. The third-order valence-electron chi connectivity index (χ3n) is 4.91. The van der Waals surface area contributed by atoms with Crippen LogP contribution in [-0.2, 0) is 0 Å². The molecule has 0 N–H and O–H groups in total. The number of aromatic nitrogens is 1. The van der Waals surface area contributed by atoms with E-state index in [1.807, 2.05) is 30.9 Å². The molecule has 1 saturated heterocycles. The zero-order chi connectivity index (χ0) is 18.8. The molecule has 1 fully saturated rings. The first-order chi connectivity index (χ1) is 12.4. The number of methoxy groups -OCH3 is 1. The fourth-order valence-electron chi connectivity index (χ4n) is 3.28. The van der Waals surface area contributed by atoms with Gasteiger partial charge in [0.15, 0.2) is 0 Å². The van der Waals surface area contributed by atoms with Crippen LogP contribution < -0.4 is 4.74 Å². The molecule has 26 heavy (non-hydrogen) atoms. The fraction of sp³-hybridized carbons (Fsp3) is 0.500. The lowest BCUT2D eigenvalue weighted by atomic mass is 10.1. The van der Waals surface area contributed by atoms with E-state index in [2.05, 4.69) is 29.8 Å². The van der Waals surface area contributed by atoms with E-state index < -0.39 is 0 Å². The van der Waals surface area contributed by atoms with E-state index in [1.165, 1.54) is 11.3 Å². The number of ether oxygens (including phenoxy) is 1. The Labute approximate surface area is 159 Å². The molecule has 5 nitrogen and oxygen atoms in total. The van der Waals surface area contributed by atoms with Gasteiger partial charge < -0.3 is 9.64 Å². The Kier molecular flexibility index (Phi) is 5.63. The highest BCUT2D eigenvalue weighted by atomic mass is 32.1. The standard InChI is InChI=1S/C20H27N3O2S/c1-13(2)22-8-10-23(11-9-22)20(24)18-15(4)21-19(26-18)16-12-14(3)6-7-17(16)25-5/h6-7,12-13H,8-11H2,1-5H3. The van der Waals surface area contributed by atoms with E-state index in [0.717, 1.165) is 58.6 Å². The summed E-state index contributed by atoms with van der Waals surface area (Å²) in [5.74, 6) is 0.884. The minimum atomic E-state index is 0.0984. The number of hydrogen-bond donors (Lipinski definition) is 0. The summed E-state index contributed by atoms with van der Waals surface area (Å²) >= 11 is 1.46. The van der Waals surface area contributed by atoms with Gasteiger partial charge in [-0.2, -0.15) is 0 Å². The maximum atomic E-state index is 13.0. The summed E-state index contributed by atoms with van der Waals surface area (Å²) in [6.07, 6.45) is 0. The molecule has 2 aromatic rings. The molecule has 1 aliphatic rings. The van der Waals surface area contributed by atoms with Gasteiger partial charge in [-0.05, 0) is 39.8 Å². The van der Waals surface area contributed by atoms with Crippen LogP contribution in [0.4, 0.5) is 0 Å². The van der Waals surface area contributed by atoms with Gasteiger partial charge in [0, 0.05) is 32.2 Å². The van der Waals surface area contributed by atoms with Crippen molar-refractivity contribution in [3.05, 3.63) is 34.3 Å². The summed E-state index contributed by atoms with van der Waals surface area (Å²) in [5, 5.41) is 0.840. The van der Waals surface area contributed by atoms with Crippen molar-refractivity contribution in [3.63, 3.8) is 0 Å². The SMILES string of the molecule is COc1ccc(C)cc1-c1nc(C)c(C(=O)N2CCN(C(C)C)CC2)s1. The minimum absolute atomic E-state index is 0.0984. The Morgan fingerprint density at radius 1 is 1.19 bits per heavy atom. The molecule has 3 rings (SSSR count). The molecule has 140 valence electrons. The van der Waals surface area contributed by atoms with Gasteiger partial charge in [-0.15, -0.1) is 11.3 Å². The fourth-order valence-corrected chi connectivity index (χ4v) is 4.34. The van der Waals surface area contributed by atoms with Gasteiger partial charge in [0.2, 0.25) is 0 Å². The van der Waals surface area contributed by atoms with Crippen molar-refractivity contribution in [3.8, 4) is 16.3 Å². The second-order valence-electron chi connectivity index (χ2n) is 7.06. The van der Waals surface area contributed by atoms with Crippen molar-refractivity contribution in [2.45, 2.75) is 33.7 Å². The third-order valence-corrected chi connectivity index (χ3v) is 6.09. The number of rotatable bonds is 4. The van der Waals surface area contributed by atoms with Gasteiger partial charge in [-0.25, -0.2) is 4.98 Å². The molecule has 0 aliphatic carbocycles. The Balaban J connectivity index is 1.83. The molecule has 1 amide bonds. The van der Waals surface area contributed by atoms with E-state index in [-0.39, 0.29) is 5.91 Å². The monoisotopic (exact) mass is 373 g/mol. The molecule has 0 bridgehead atoms. The molecule has 0 atom stereocenters. The van der Waals surface area contributed by atoms with E-state index in [0.29, 0.717) is 6.04 Å². The molecule has 0 radical (unpaired) electrons. The van der Waals surface area contributed by atoms with Crippen molar-refractivity contribution in [2.24, 2.45) is 0 Å². The van der Waals surface area contributed by atoms with Crippen LogP contribution in [0.5, 0.6) is 5.75 Å². The highest BCUT2D eigenvalue weighted by molar-refractivity contribution is 7.17. The van der Waals surface area contributed by atoms with E-state index in [9.17, 15) is 4.79 Å². The van der Waals surface area contributed by atoms with Crippen molar-refractivity contribution in [1.29, 1.82) is 0 Å². The Morgan fingerprint density at radius 2 is 1.88 bits per heavy atom. The van der Waals surface area contributed by atoms with Gasteiger partial charge in [0.25, 0.3) is 5.91 Å². The van der Waals surface area contributed by atoms with Crippen LogP contribution in [-0.4, -0.2) is 60.0 Å². The zero-order valence-corrected chi connectivity index (χ0v) is 17.0. The topological polar surface area (TPSA) is 45.7 Å². The van der Waals surface area contributed by atoms with Gasteiger partial charge in [0.05, 0.1) is 18.4 Å². The average molecular weight is 374 g/mol.